The van der Waals surface area contributed by atoms with E-state index in [9.17, 15) is 9.59 Å². The maximum Gasteiger partial charge on any atom is 0.270 e. The van der Waals surface area contributed by atoms with Crippen LogP contribution < -0.4 is 5.32 Å². The molecule has 6 nitrogen and oxygen atoms in total. The molecule has 3 aromatic rings. The maximum absolute atomic E-state index is 12.9. The van der Waals surface area contributed by atoms with Crippen LogP contribution in [0.15, 0.2) is 30.3 Å². The van der Waals surface area contributed by atoms with E-state index in [1.807, 2.05) is 56.0 Å². The van der Waals surface area contributed by atoms with Crippen molar-refractivity contribution in [1.82, 2.24) is 14.9 Å². The Labute approximate surface area is 168 Å². The molecule has 0 saturated heterocycles. The molecule has 1 aliphatic rings. The number of para-hydroxylation sites is 1. The number of aromatic amines is 1. The lowest BCUT2D eigenvalue weighted by atomic mass is 9.92. The van der Waals surface area contributed by atoms with Crippen LogP contribution in [0.2, 0.25) is 0 Å². The number of rotatable bonds is 3. The molecule has 7 heteroatoms. The monoisotopic (exact) mass is 396 g/mol. The molecule has 4 rings (SSSR count). The van der Waals surface area contributed by atoms with Crippen molar-refractivity contribution in [1.29, 1.82) is 0 Å². The zero-order chi connectivity index (χ0) is 19.9. The standard InChI is InChI=1S/C21H24N4O2S/c1-21(2,3)11-18(26)24-20-23-15-8-9-25(12-17(15)28-20)19(27)16-10-13-6-4-5-7-14(13)22-16/h4-7,10,22H,8-9,11-12H2,1-3H3,(H,23,24,26). The van der Waals surface area contributed by atoms with Crippen molar-refractivity contribution in [3.8, 4) is 0 Å². The van der Waals surface area contributed by atoms with E-state index in [4.69, 9.17) is 0 Å². The second-order valence-electron chi connectivity index (χ2n) is 8.42. The summed E-state index contributed by atoms with van der Waals surface area (Å²) in [4.78, 5) is 35.8. The van der Waals surface area contributed by atoms with Gasteiger partial charge in [-0.25, -0.2) is 4.98 Å². The molecule has 0 radical (unpaired) electrons. The first-order valence-electron chi connectivity index (χ1n) is 9.44. The highest BCUT2D eigenvalue weighted by Crippen LogP contribution is 2.30. The van der Waals surface area contributed by atoms with Gasteiger partial charge in [-0.15, -0.1) is 0 Å². The predicted octanol–water partition coefficient (Wildman–Crippen LogP) is 4.20. The minimum Gasteiger partial charge on any atom is -0.351 e. The van der Waals surface area contributed by atoms with Gasteiger partial charge in [-0.05, 0) is 17.5 Å². The highest BCUT2D eigenvalue weighted by atomic mass is 32.1. The Bertz CT molecular complexity index is 1010. The van der Waals surface area contributed by atoms with E-state index in [1.54, 1.807) is 0 Å². The number of nitrogens with zero attached hydrogens (tertiary/aromatic N) is 2. The van der Waals surface area contributed by atoms with Crippen molar-refractivity contribution in [2.75, 3.05) is 11.9 Å². The van der Waals surface area contributed by atoms with Gasteiger partial charge in [0.2, 0.25) is 5.91 Å². The molecule has 1 aliphatic heterocycles. The first kappa shape index (κ1) is 18.7. The van der Waals surface area contributed by atoms with Crippen molar-refractivity contribution >= 4 is 39.2 Å². The molecular weight excluding hydrogens is 372 g/mol. The molecule has 1 aromatic carbocycles. The van der Waals surface area contributed by atoms with Gasteiger partial charge < -0.3 is 15.2 Å². The summed E-state index contributed by atoms with van der Waals surface area (Å²) in [7, 11) is 0. The number of H-pyrrole nitrogens is 1. The Hall–Kier alpha value is -2.67. The molecule has 0 bridgehead atoms. The predicted molar refractivity (Wildman–Crippen MR) is 112 cm³/mol. The van der Waals surface area contributed by atoms with Crippen molar-refractivity contribution in [2.24, 2.45) is 5.41 Å². The van der Waals surface area contributed by atoms with E-state index < -0.39 is 0 Å². The zero-order valence-corrected chi connectivity index (χ0v) is 17.2. The number of hydrogen-bond donors (Lipinski definition) is 2. The number of amides is 2. The van der Waals surface area contributed by atoms with Crippen molar-refractivity contribution in [2.45, 2.75) is 40.2 Å². The molecule has 2 N–H and O–H groups in total. The fourth-order valence-electron chi connectivity index (χ4n) is 3.43. The topological polar surface area (TPSA) is 78.1 Å². The van der Waals surface area contributed by atoms with E-state index in [0.717, 1.165) is 21.5 Å². The van der Waals surface area contributed by atoms with Crippen LogP contribution in [0.3, 0.4) is 0 Å². The smallest absolute Gasteiger partial charge is 0.270 e. The van der Waals surface area contributed by atoms with Crippen LogP contribution in [0.25, 0.3) is 10.9 Å². The Kier molecular flexibility index (Phi) is 4.71. The van der Waals surface area contributed by atoms with E-state index in [-0.39, 0.29) is 17.2 Å². The Morgan fingerprint density at radius 3 is 2.82 bits per heavy atom. The van der Waals surface area contributed by atoms with Gasteiger partial charge in [-0.2, -0.15) is 0 Å². The zero-order valence-electron chi connectivity index (χ0n) is 16.3. The number of carbonyl (C=O) groups excluding carboxylic acids is 2. The maximum atomic E-state index is 12.9. The summed E-state index contributed by atoms with van der Waals surface area (Å²) in [6.07, 6.45) is 1.15. The SMILES string of the molecule is CC(C)(C)CC(=O)Nc1nc2c(s1)CN(C(=O)c1cc3ccccc3[nH]1)CC2. The van der Waals surface area contributed by atoms with Crippen LogP contribution in [0.1, 0.15) is 48.3 Å². The van der Waals surface area contributed by atoms with Crippen molar-refractivity contribution in [3.05, 3.63) is 46.6 Å². The quantitative estimate of drug-likeness (QED) is 0.696. The molecule has 0 saturated carbocycles. The minimum atomic E-state index is -0.0657. The van der Waals surface area contributed by atoms with Crippen molar-refractivity contribution in [3.63, 3.8) is 0 Å². The van der Waals surface area contributed by atoms with Gasteiger partial charge in [0.05, 0.1) is 12.2 Å². The molecule has 0 fully saturated rings. The van der Waals surface area contributed by atoms with Gasteiger partial charge in [-0.3, -0.25) is 9.59 Å². The second kappa shape index (κ2) is 7.05. The van der Waals surface area contributed by atoms with Gasteiger partial charge in [0.1, 0.15) is 5.69 Å². The molecule has 28 heavy (non-hydrogen) atoms. The third kappa shape index (κ3) is 3.94. The number of carbonyl (C=O) groups is 2. The molecule has 0 unspecified atom stereocenters. The Morgan fingerprint density at radius 2 is 2.07 bits per heavy atom. The molecule has 0 atom stereocenters. The van der Waals surface area contributed by atoms with Crippen LogP contribution in [0.4, 0.5) is 5.13 Å². The number of nitrogens with one attached hydrogen (secondary N) is 2. The summed E-state index contributed by atoms with van der Waals surface area (Å²) in [5.41, 5.74) is 2.49. The summed E-state index contributed by atoms with van der Waals surface area (Å²) in [6, 6.07) is 9.78. The molecule has 0 aliphatic carbocycles. The lowest BCUT2D eigenvalue weighted by Gasteiger charge is -2.25. The highest BCUT2D eigenvalue weighted by molar-refractivity contribution is 7.15. The third-order valence-corrected chi connectivity index (χ3v) is 5.71. The number of aromatic nitrogens is 2. The fraction of sp³-hybridized carbons (Fsp3) is 0.381. The summed E-state index contributed by atoms with van der Waals surface area (Å²) in [5.74, 6) is -0.0295. The number of anilines is 1. The summed E-state index contributed by atoms with van der Waals surface area (Å²) in [5, 5.41) is 4.56. The van der Waals surface area contributed by atoms with Gasteiger partial charge in [0, 0.05) is 35.2 Å². The van der Waals surface area contributed by atoms with Gasteiger partial charge in [0.25, 0.3) is 5.91 Å². The molecular formula is C21H24N4O2S. The van der Waals surface area contributed by atoms with Gasteiger partial charge >= 0.3 is 0 Å². The highest BCUT2D eigenvalue weighted by Gasteiger charge is 2.26. The summed E-state index contributed by atoms with van der Waals surface area (Å²) >= 11 is 1.46. The van der Waals surface area contributed by atoms with E-state index in [2.05, 4.69) is 15.3 Å². The number of thiazole rings is 1. The van der Waals surface area contributed by atoms with E-state index >= 15 is 0 Å². The molecule has 0 spiro atoms. The third-order valence-electron chi connectivity index (χ3n) is 4.72. The van der Waals surface area contributed by atoms with Crippen molar-refractivity contribution < 1.29 is 9.59 Å². The number of hydrogen-bond acceptors (Lipinski definition) is 4. The largest absolute Gasteiger partial charge is 0.351 e. The lowest BCUT2D eigenvalue weighted by molar-refractivity contribution is -0.117. The van der Waals surface area contributed by atoms with E-state index in [0.29, 0.717) is 36.8 Å². The molecule has 3 heterocycles. The Morgan fingerprint density at radius 1 is 1.29 bits per heavy atom. The van der Waals surface area contributed by atoms with Crippen LogP contribution in [-0.2, 0) is 17.8 Å². The van der Waals surface area contributed by atoms with E-state index in [1.165, 1.54) is 11.3 Å². The lowest BCUT2D eigenvalue weighted by Crippen LogP contribution is -2.35. The number of benzene rings is 1. The summed E-state index contributed by atoms with van der Waals surface area (Å²) < 4.78 is 0. The Balaban J connectivity index is 1.46. The van der Waals surface area contributed by atoms with Gasteiger partial charge in [0.15, 0.2) is 5.13 Å². The number of fused-ring (bicyclic) bond motifs is 2. The first-order chi connectivity index (χ1) is 13.3. The van der Waals surface area contributed by atoms with Crippen LogP contribution in [0.5, 0.6) is 0 Å². The van der Waals surface area contributed by atoms with Gasteiger partial charge in [-0.1, -0.05) is 50.3 Å². The summed E-state index contributed by atoms with van der Waals surface area (Å²) in [6.45, 7) is 7.25. The fourth-order valence-corrected chi connectivity index (χ4v) is 4.47. The second-order valence-corrected chi connectivity index (χ2v) is 9.51. The molecule has 2 amide bonds. The first-order valence-corrected chi connectivity index (χ1v) is 10.3. The molecule has 146 valence electrons. The molecule has 2 aromatic heterocycles. The van der Waals surface area contributed by atoms with Crippen LogP contribution in [0, 0.1) is 5.41 Å². The minimum absolute atomic E-state index is 0.00596. The average Bonchev–Trinajstić information content (AvgIpc) is 3.21. The van der Waals surface area contributed by atoms with Crippen LogP contribution >= 0.6 is 11.3 Å². The van der Waals surface area contributed by atoms with Crippen LogP contribution in [-0.4, -0.2) is 33.2 Å². The average molecular weight is 397 g/mol. The normalized spacial score (nSPS) is 14.2.